The zero-order valence-electron chi connectivity index (χ0n) is 5.70. The van der Waals surface area contributed by atoms with Gasteiger partial charge in [-0.1, -0.05) is 0 Å². The summed E-state index contributed by atoms with van der Waals surface area (Å²) in [6, 6.07) is 0. The third kappa shape index (κ3) is 1.27. The van der Waals surface area contributed by atoms with E-state index in [1.807, 2.05) is 0 Å². The number of rotatable bonds is 1. The highest BCUT2D eigenvalue weighted by Crippen LogP contribution is 2.34. The number of thiophene rings is 1. The molecule has 0 spiro atoms. The van der Waals surface area contributed by atoms with Gasteiger partial charge in [0.25, 0.3) is 0 Å². The zero-order chi connectivity index (χ0) is 8.43. The molecule has 11 heavy (non-hydrogen) atoms. The normalized spacial score (nSPS) is 9.55. The quantitative estimate of drug-likeness (QED) is 0.622. The van der Waals surface area contributed by atoms with E-state index in [1.54, 1.807) is 0 Å². The maximum atomic E-state index is 10.8. The van der Waals surface area contributed by atoms with Crippen LogP contribution in [0, 0.1) is 0 Å². The molecular formula is C6H6O4S. The highest BCUT2D eigenvalue weighted by Gasteiger charge is 2.16. The van der Waals surface area contributed by atoms with Crippen molar-refractivity contribution in [2.75, 3.05) is 7.11 Å². The van der Waals surface area contributed by atoms with Crippen LogP contribution in [0.5, 0.6) is 11.5 Å². The van der Waals surface area contributed by atoms with E-state index in [4.69, 9.17) is 10.2 Å². The summed E-state index contributed by atoms with van der Waals surface area (Å²) in [6.07, 6.45) is 0. The molecule has 0 aliphatic rings. The molecule has 1 rings (SSSR count). The lowest BCUT2D eigenvalue weighted by Crippen LogP contribution is -1.97. The van der Waals surface area contributed by atoms with E-state index in [-0.39, 0.29) is 10.6 Å². The SMILES string of the molecule is COC(=O)c1scc(O)c1O. The van der Waals surface area contributed by atoms with Crippen LogP contribution in [0.15, 0.2) is 5.38 Å². The van der Waals surface area contributed by atoms with Gasteiger partial charge in [0.2, 0.25) is 0 Å². The van der Waals surface area contributed by atoms with Crippen LogP contribution < -0.4 is 0 Å². The number of hydrogen-bond acceptors (Lipinski definition) is 5. The van der Waals surface area contributed by atoms with E-state index in [1.165, 1.54) is 12.5 Å². The van der Waals surface area contributed by atoms with Crippen molar-refractivity contribution in [1.29, 1.82) is 0 Å². The maximum absolute atomic E-state index is 10.8. The molecule has 1 aromatic rings. The third-order valence-electron chi connectivity index (χ3n) is 1.12. The van der Waals surface area contributed by atoms with Crippen LogP contribution in [0.25, 0.3) is 0 Å². The Labute approximate surface area is 66.7 Å². The van der Waals surface area contributed by atoms with E-state index in [2.05, 4.69) is 4.74 Å². The summed E-state index contributed by atoms with van der Waals surface area (Å²) in [4.78, 5) is 10.8. The van der Waals surface area contributed by atoms with Gasteiger partial charge >= 0.3 is 5.97 Å². The van der Waals surface area contributed by atoms with Gasteiger partial charge < -0.3 is 14.9 Å². The Morgan fingerprint density at radius 2 is 2.27 bits per heavy atom. The van der Waals surface area contributed by atoms with Gasteiger partial charge in [0.05, 0.1) is 7.11 Å². The van der Waals surface area contributed by atoms with Gasteiger partial charge in [0, 0.05) is 5.38 Å². The lowest BCUT2D eigenvalue weighted by molar-refractivity contribution is 0.0603. The molecule has 0 atom stereocenters. The first-order chi connectivity index (χ1) is 5.16. The molecule has 1 heterocycles. The number of esters is 1. The fourth-order valence-corrected chi connectivity index (χ4v) is 1.32. The minimum atomic E-state index is -0.646. The maximum Gasteiger partial charge on any atom is 0.352 e. The average Bonchev–Trinajstić information content (AvgIpc) is 2.32. The lowest BCUT2D eigenvalue weighted by atomic mass is 10.4. The highest BCUT2D eigenvalue weighted by molar-refractivity contribution is 7.12. The summed E-state index contributed by atoms with van der Waals surface area (Å²) in [7, 11) is 1.21. The predicted octanol–water partition coefficient (Wildman–Crippen LogP) is 0.946. The van der Waals surface area contributed by atoms with Gasteiger partial charge in [-0.3, -0.25) is 0 Å². The molecule has 0 radical (unpaired) electrons. The topological polar surface area (TPSA) is 66.8 Å². The van der Waals surface area contributed by atoms with Crippen LogP contribution in [0.1, 0.15) is 9.67 Å². The number of aromatic hydroxyl groups is 2. The van der Waals surface area contributed by atoms with Crippen LogP contribution >= 0.6 is 11.3 Å². The first-order valence-electron chi connectivity index (χ1n) is 2.74. The molecule has 0 saturated heterocycles. The molecule has 2 N–H and O–H groups in total. The van der Waals surface area contributed by atoms with E-state index in [9.17, 15) is 4.79 Å². The molecule has 0 aromatic carbocycles. The monoisotopic (exact) mass is 174 g/mol. The Bertz CT molecular complexity index is 278. The molecular weight excluding hydrogens is 168 g/mol. The second kappa shape index (κ2) is 2.79. The minimum absolute atomic E-state index is 0.0185. The van der Waals surface area contributed by atoms with Crippen molar-refractivity contribution < 1.29 is 19.7 Å². The fraction of sp³-hybridized carbons (Fsp3) is 0.167. The standard InChI is InChI=1S/C6H6O4S/c1-10-6(9)5-4(8)3(7)2-11-5/h2,7-8H,1H3. The van der Waals surface area contributed by atoms with Crippen molar-refractivity contribution in [1.82, 2.24) is 0 Å². The van der Waals surface area contributed by atoms with Crippen LogP contribution in [-0.2, 0) is 4.74 Å². The molecule has 0 aliphatic heterocycles. The largest absolute Gasteiger partial charge is 0.504 e. The van der Waals surface area contributed by atoms with Crippen molar-refractivity contribution in [2.24, 2.45) is 0 Å². The Morgan fingerprint density at radius 3 is 2.64 bits per heavy atom. The second-order valence-electron chi connectivity index (χ2n) is 1.79. The molecule has 5 heteroatoms. The number of carbonyl (C=O) groups is 1. The van der Waals surface area contributed by atoms with E-state index >= 15 is 0 Å². The molecule has 1 aromatic heterocycles. The lowest BCUT2D eigenvalue weighted by Gasteiger charge is -1.94. The summed E-state index contributed by atoms with van der Waals surface area (Å²) in [6.45, 7) is 0. The van der Waals surface area contributed by atoms with Gasteiger partial charge in [-0.15, -0.1) is 11.3 Å². The molecule has 4 nitrogen and oxygen atoms in total. The average molecular weight is 174 g/mol. The van der Waals surface area contributed by atoms with E-state index in [0.717, 1.165) is 11.3 Å². The Hall–Kier alpha value is -1.23. The molecule has 0 saturated carbocycles. The Balaban J connectivity index is 3.04. The van der Waals surface area contributed by atoms with Crippen LogP contribution in [0.2, 0.25) is 0 Å². The van der Waals surface area contributed by atoms with Crippen molar-refractivity contribution in [3.8, 4) is 11.5 Å². The van der Waals surface area contributed by atoms with Gasteiger partial charge in [0.1, 0.15) is 0 Å². The van der Waals surface area contributed by atoms with Crippen molar-refractivity contribution in [3.63, 3.8) is 0 Å². The first kappa shape index (κ1) is 7.87. The summed E-state index contributed by atoms with van der Waals surface area (Å²) in [5.74, 6) is -1.36. The molecule has 0 amide bonds. The smallest absolute Gasteiger partial charge is 0.352 e. The van der Waals surface area contributed by atoms with Gasteiger partial charge in [0.15, 0.2) is 16.4 Å². The van der Waals surface area contributed by atoms with Crippen molar-refractivity contribution in [2.45, 2.75) is 0 Å². The van der Waals surface area contributed by atoms with Crippen LogP contribution in [-0.4, -0.2) is 23.3 Å². The van der Waals surface area contributed by atoms with Crippen LogP contribution in [0.4, 0.5) is 0 Å². The number of carbonyl (C=O) groups excluding carboxylic acids is 1. The summed E-state index contributed by atoms with van der Waals surface area (Å²) in [5, 5.41) is 19.1. The van der Waals surface area contributed by atoms with Gasteiger partial charge in [-0.05, 0) is 0 Å². The first-order valence-corrected chi connectivity index (χ1v) is 3.62. The summed E-state index contributed by atoms with van der Waals surface area (Å²) < 4.78 is 4.33. The summed E-state index contributed by atoms with van der Waals surface area (Å²) >= 11 is 0.934. The Morgan fingerprint density at radius 1 is 1.64 bits per heavy atom. The number of hydrogen-bond donors (Lipinski definition) is 2. The number of methoxy groups -OCH3 is 1. The van der Waals surface area contributed by atoms with E-state index in [0.29, 0.717) is 0 Å². The predicted molar refractivity (Wildman–Crippen MR) is 39.0 cm³/mol. The van der Waals surface area contributed by atoms with Crippen LogP contribution in [0.3, 0.4) is 0 Å². The number of ether oxygens (including phenoxy) is 1. The highest BCUT2D eigenvalue weighted by atomic mass is 32.1. The van der Waals surface area contributed by atoms with E-state index < -0.39 is 11.7 Å². The van der Waals surface area contributed by atoms with Crippen molar-refractivity contribution >= 4 is 17.3 Å². The summed E-state index contributed by atoms with van der Waals surface area (Å²) in [5.41, 5.74) is 0. The molecule has 0 unspecified atom stereocenters. The Kier molecular flexibility index (Phi) is 2.00. The molecule has 0 fully saturated rings. The van der Waals surface area contributed by atoms with Gasteiger partial charge in [-0.2, -0.15) is 0 Å². The fourth-order valence-electron chi connectivity index (χ4n) is 0.580. The third-order valence-corrected chi connectivity index (χ3v) is 2.05. The van der Waals surface area contributed by atoms with Gasteiger partial charge in [-0.25, -0.2) is 4.79 Å². The molecule has 0 aliphatic carbocycles. The molecule has 60 valence electrons. The second-order valence-corrected chi connectivity index (χ2v) is 2.67. The van der Waals surface area contributed by atoms with Crippen molar-refractivity contribution in [3.05, 3.63) is 10.3 Å². The minimum Gasteiger partial charge on any atom is -0.504 e. The molecule has 0 bridgehead atoms. The zero-order valence-corrected chi connectivity index (χ0v) is 6.51.